The highest BCUT2D eigenvalue weighted by atomic mass is 35.5. The maximum Gasteiger partial charge on any atom is 0.148 e. The van der Waals surface area contributed by atoms with E-state index < -0.39 is 0 Å². The molecule has 0 aliphatic carbocycles. The van der Waals surface area contributed by atoms with E-state index >= 15 is 0 Å². The van der Waals surface area contributed by atoms with Crippen LogP contribution in [0.3, 0.4) is 0 Å². The molecule has 0 fully saturated rings. The van der Waals surface area contributed by atoms with E-state index in [1.54, 1.807) is 0 Å². The molecular weight excluding hydrogens is 258 g/mol. The van der Waals surface area contributed by atoms with Crippen molar-refractivity contribution < 1.29 is 4.74 Å². The van der Waals surface area contributed by atoms with Crippen molar-refractivity contribution in [2.24, 2.45) is 0 Å². The van der Waals surface area contributed by atoms with Crippen LogP contribution in [0.1, 0.15) is 29.4 Å². The zero-order valence-corrected chi connectivity index (χ0v) is 12.3. The Labute approximate surface area is 119 Å². The monoisotopic (exact) mass is 275 g/mol. The lowest BCUT2D eigenvalue weighted by Gasteiger charge is -2.13. The number of hydrogen-bond donors (Lipinski definition) is 0. The molecule has 0 atom stereocenters. The third-order valence-corrected chi connectivity index (χ3v) is 3.34. The van der Waals surface area contributed by atoms with E-state index in [1.807, 2.05) is 44.2 Å². The second-order valence-electron chi connectivity index (χ2n) is 4.59. The summed E-state index contributed by atoms with van der Waals surface area (Å²) in [6.45, 7) is 6.10. The summed E-state index contributed by atoms with van der Waals surface area (Å²) in [5, 5.41) is 0. The normalized spacial score (nSPS) is 10.5. The Kier molecular flexibility index (Phi) is 4.43. The van der Waals surface area contributed by atoms with E-state index in [-0.39, 0.29) is 0 Å². The number of nitrogens with zero attached hydrogens (tertiary/aromatic N) is 1. The molecule has 1 heterocycles. The van der Waals surface area contributed by atoms with Gasteiger partial charge in [-0.2, -0.15) is 0 Å². The molecule has 0 aliphatic heterocycles. The van der Waals surface area contributed by atoms with E-state index in [4.69, 9.17) is 16.3 Å². The number of halogens is 1. The Hall–Kier alpha value is -1.54. The van der Waals surface area contributed by atoms with Crippen LogP contribution in [0.4, 0.5) is 0 Å². The minimum absolute atomic E-state index is 0.490. The van der Waals surface area contributed by atoms with Crippen molar-refractivity contribution in [3.8, 4) is 11.5 Å². The molecule has 100 valence electrons. The molecule has 2 rings (SSSR count). The average molecular weight is 276 g/mol. The van der Waals surface area contributed by atoms with Gasteiger partial charge in [0.1, 0.15) is 11.5 Å². The van der Waals surface area contributed by atoms with Crippen molar-refractivity contribution in [2.75, 3.05) is 0 Å². The van der Waals surface area contributed by atoms with E-state index in [9.17, 15) is 0 Å². The lowest BCUT2D eigenvalue weighted by atomic mass is 10.1. The summed E-state index contributed by atoms with van der Waals surface area (Å²) < 4.78 is 6.01. The maximum absolute atomic E-state index is 6.01. The van der Waals surface area contributed by atoms with Crippen LogP contribution in [0.2, 0.25) is 0 Å². The standard InChI is InChI=1S/C16H18ClNO/c1-4-14-15(8-6-12(3)18-14)19-16-9-13(10-17)7-5-11(16)2/h5-9H,4,10H2,1-3H3. The molecule has 0 aliphatic rings. The second kappa shape index (κ2) is 6.07. The van der Waals surface area contributed by atoms with Crippen LogP contribution in [-0.4, -0.2) is 4.98 Å². The summed E-state index contributed by atoms with van der Waals surface area (Å²) in [7, 11) is 0. The SMILES string of the molecule is CCc1nc(C)ccc1Oc1cc(CCl)ccc1C. The number of rotatable bonds is 4. The number of benzene rings is 1. The summed E-state index contributed by atoms with van der Waals surface area (Å²) in [5.74, 6) is 2.16. The van der Waals surface area contributed by atoms with E-state index in [0.29, 0.717) is 5.88 Å². The van der Waals surface area contributed by atoms with E-state index in [1.165, 1.54) is 0 Å². The zero-order valence-electron chi connectivity index (χ0n) is 11.5. The molecule has 0 saturated carbocycles. The molecule has 0 unspecified atom stereocenters. The zero-order chi connectivity index (χ0) is 13.8. The number of ether oxygens (including phenoxy) is 1. The summed E-state index contributed by atoms with van der Waals surface area (Å²) in [6.07, 6.45) is 0.852. The van der Waals surface area contributed by atoms with Gasteiger partial charge in [-0.25, -0.2) is 0 Å². The fourth-order valence-corrected chi connectivity index (χ4v) is 2.07. The highest BCUT2D eigenvalue weighted by molar-refractivity contribution is 6.17. The largest absolute Gasteiger partial charge is 0.455 e. The first-order chi connectivity index (χ1) is 9.13. The third-order valence-electron chi connectivity index (χ3n) is 3.03. The van der Waals surface area contributed by atoms with Crippen molar-refractivity contribution in [1.29, 1.82) is 0 Å². The molecule has 0 radical (unpaired) electrons. The highest BCUT2D eigenvalue weighted by Crippen LogP contribution is 2.29. The summed E-state index contributed by atoms with van der Waals surface area (Å²) >= 11 is 5.87. The molecule has 0 spiro atoms. The third kappa shape index (κ3) is 3.27. The Morgan fingerprint density at radius 3 is 2.58 bits per heavy atom. The predicted octanol–water partition coefficient (Wildman–Crippen LogP) is 4.79. The molecule has 2 nitrogen and oxygen atoms in total. The van der Waals surface area contributed by atoms with Crippen molar-refractivity contribution in [1.82, 2.24) is 4.98 Å². The van der Waals surface area contributed by atoms with Gasteiger partial charge in [0.15, 0.2) is 0 Å². The van der Waals surface area contributed by atoms with Crippen molar-refractivity contribution >= 4 is 11.6 Å². The molecule has 2 aromatic rings. The molecule has 1 aromatic carbocycles. The van der Waals surface area contributed by atoms with Crippen LogP contribution in [0.25, 0.3) is 0 Å². The quantitative estimate of drug-likeness (QED) is 0.748. The van der Waals surface area contributed by atoms with Crippen molar-refractivity contribution in [2.45, 2.75) is 33.1 Å². The van der Waals surface area contributed by atoms with Gasteiger partial charge >= 0.3 is 0 Å². The lowest BCUT2D eigenvalue weighted by Crippen LogP contribution is -1.97. The molecule has 0 amide bonds. The van der Waals surface area contributed by atoms with Gasteiger partial charge in [0.05, 0.1) is 5.69 Å². The average Bonchev–Trinajstić information content (AvgIpc) is 2.43. The molecule has 0 N–H and O–H groups in total. The Morgan fingerprint density at radius 2 is 1.89 bits per heavy atom. The first-order valence-corrected chi connectivity index (χ1v) is 6.97. The van der Waals surface area contributed by atoms with Gasteiger partial charge < -0.3 is 4.74 Å². The van der Waals surface area contributed by atoms with Crippen LogP contribution in [-0.2, 0) is 12.3 Å². The minimum atomic E-state index is 0.490. The van der Waals surface area contributed by atoms with Gasteiger partial charge in [-0.1, -0.05) is 19.1 Å². The Balaban J connectivity index is 2.35. The maximum atomic E-state index is 6.01. The van der Waals surface area contributed by atoms with Gasteiger partial charge in [-0.3, -0.25) is 4.98 Å². The molecular formula is C16H18ClNO. The summed E-state index contributed by atoms with van der Waals surface area (Å²) in [4.78, 5) is 4.51. The van der Waals surface area contributed by atoms with Gasteiger partial charge in [0.25, 0.3) is 0 Å². The molecule has 1 aromatic heterocycles. The number of alkyl halides is 1. The smallest absolute Gasteiger partial charge is 0.148 e. The van der Waals surface area contributed by atoms with E-state index in [2.05, 4.69) is 11.9 Å². The highest BCUT2D eigenvalue weighted by Gasteiger charge is 2.08. The van der Waals surface area contributed by atoms with E-state index in [0.717, 1.165) is 40.4 Å². The second-order valence-corrected chi connectivity index (χ2v) is 4.85. The topological polar surface area (TPSA) is 22.1 Å². The van der Waals surface area contributed by atoms with Crippen LogP contribution < -0.4 is 4.74 Å². The van der Waals surface area contributed by atoms with Gasteiger partial charge in [0, 0.05) is 11.6 Å². The molecule has 0 saturated heterocycles. The predicted molar refractivity (Wildman–Crippen MR) is 79.2 cm³/mol. The Morgan fingerprint density at radius 1 is 1.11 bits per heavy atom. The van der Waals surface area contributed by atoms with Crippen molar-refractivity contribution in [3.05, 3.63) is 52.8 Å². The fraction of sp³-hybridized carbons (Fsp3) is 0.312. The lowest BCUT2D eigenvalue weighted by molar-refractivity contribution is 0.469. The number of aryl methyl sites for hydroxylation is 3. The number of pyridine rings is 1. The number of aromatic nitrogens is 1. The minimum Gasteiger partial charge on any atom is -0.455 e. The van der Waals surface area contributed by atoms with Crippen LogP contribution in [0.15, 0.2) is 30.3 Å². The molecule has 3 heteroatoms. The van der Waals surface area contributed by atoms with Crippen molar-refractivity contribution in [3.63, 3.8) is 0 Å². The van der Waals surface area contributed by atoms with Gasteiger partial charge in [-0.15, -0.1) is 11.6 Å². The first kappa shape index (κ1) is 13.9. The van der Waals surface area contributed by atoms with Crippen LogP contribution in [0.5, 0.6) is 11.5 Å². The Bertz CT molecular complexity index is 581. The first-order valence-electron chi connectivity index (χ1n) is 6.44. The molecule has 19 heavy (non-hydrogen) atoms. The molecule has 0 bridgehead atoms. The number of hydrogen-bond acceptors (Lipinski definition) is 2. The van der Waals surface area contributed by atoms with Gasteiger partial charge in [-0.05, 0) is 49.6 Å². The fourth-order valence-electron chi connectivity index (χ4n) is 1.90. The van der Waals surface area contributed by atoms with Gasteiger partial charge in [0.2, 0.25) is 0 Å². The summed E-state index contributed by atoms with van der Waals surface area (Å²) in [6, 6.07) is 9.98. The summed E-state index contributed by atoms with van der Waals surface area (Å²) in [5.41, 5.74) is 4.14. The van der Waals surface area contributed by atoms with Crippen LogP contribution in [0, 0.1) is 13.8 Å². The van der Waals surface area contributed by atoms with Crippen LogP contribution >= 0.6 is 11.6 Å².